The number of nitrogens with zero attached hydrogens (tertiary/aromatic N) is 2. The Labute approximate surface area is 112 Å². The van der Waals surface area contributed by atoms with E-state index in [0.29, 0.717) is 6.54 Å². The van der Waals surface area contributed by atoms with Crippen LogP contribution in [-0.2, 0) is 6.54 Å². The minimum Gasteiger partial charge on any atom is -0.390 e. The Balaban J connectivity index is 2.90. The third-order valence-electron chi connectivity index (χ3n) is 2.27. The summed E-state index contributed by atoms with van der Waals surface area (Å²) in [7, 11) is 0. The van der Waals surface area contributed by atoms with Gasteiger partial charge < -0.3 is 15.0 Å². The molecule has 0 saturated carbocycles. The molecule has 0 saturated heterocycles. The number of nitro groups is 1. The predicted octanol–water partition coefficient (Wildman–Crippen LogP) is 0.489. The highest BCUT2D eigenvalue weighted by Crippen LogP contribution is 2.11. The van der Waals surface area contributed by atoms with Crippen LogP contribution in [0.15, 0.2) is 21.7 Å². The molecule has 0 aromatic carbocycles. The summed E-state index contributed by atoms with van der Waals surface area (Å²) in [6.07, 6.45) is 1.87. The summed E-state index contributed by atoms with van der Waals surface area (Å²) in [5.41, 5.74) is -1.18. The molecule has 7 nitrogen and oxygen atoms in total. The number of aliphatic hydroxyl groups is 1. The fourth-order valence-corrected chi connectivity index (χ4v) is 1.90. The van der Waals surface area contributed by atoms with Crippen molar-refractivity contribution in [1.29, 1.82) is 0 Å². The van der Waals surface area contributed by atoms with Crippen molar-refractivity contribution >= 4 is 21.6 Å². The van der Waals surface area contributed by atoms with Gasteiger partial charge >= 0.3 is 5.69 Å². The fraction of sp³-hybridized carbons (Fsp3) is 0.500. The minimum atomic E-state index is -0.736. The van der Waals surface area contributed by atoms with Crippen molar-refractivity contribution in [2.45, 2.75) is 19.6 Å². The lowest BCUT2D eigenvalue weighted by molar-refractivity contribution is -0.386. The maximum atomic E-state index is 11.4. The number of aliphatic hydroxyl groups excluding tert-OH is 1. The van der Waals surface area contributed by atoms with Crippen LogP contribution in [-0.4, -0.2) is 33.8 Å². The number of likely N-dealkylation sites (N-methyl/N-ethyl adjacent to an activating group) is 1. The predicted molar refractivity (Wildman–Crippen MR) is 69.6 cm³/mol. The van der Waals surface area contributed by atoms with Crippen LogP contribution in [0.4, 0.5) is 5.69 Å². The van der Waals surface area contributed by atoms with E-state index < -0.39 is 22.1 Å². The highest BCUT2D eigenvalue weighted by atomic mass is 79.9. The second-order valence-corrected chi connectivity index (χ2v) is 4.59. The van der Waals surface area contributed by atoms with Gasteiger partial charge in [0.05, 0.1) is 21.7 Å². The zero-order valence-electron chi connectivity index (χ0n) is 9.80. The van der Waals surface area contributed by atoms with E-state index in [4.69, 9.17) is 0 Å². The van der Waals surface area contributed by atoms with E-state index in [2.05, 4.69) is 21.2 Å². The molecular weight excluding hydrogens is 306 g/mol. The average molecular weight is 320 g/mol. The monoisotopic (exact) mass is 319 g/mol. The normalized spacial score (nSPS) is 12.4. The zero-order valence-corrected chi connectivity index (χ0v) is 11.4. The van der Waals surface area contributed by atoms with Gasteiger partial charge in [0.15, 0.2) is 0 Å². The molecule has 1 unspecified atom stereocenters. The van der Waals surface area contributed by atoms with Gasteiger partial charge in [-0.05, 0) is 22.5 Å². The van der Waals surface area contributed by atoms with Gasteiger partial charge in [0, 0.05) is 19.3 Å². The van der Waals surface area contributed by atoms with Crippen molar-refractivity contribution in [3.8, 4) is 0 Å². The van der Waals surface area contributed by atoms with Crippen molar-refractivity contribution in [3.05, 3.63) is 37.2 Å². The van der Waals surface area contributed by atoms with Crippen molar-refractivity contribution in [2.75, 3.05) is 13.1 Å². The summed E-state index contributed by atoms with van der Waals surface area (Å²) in [5.74, 6) is 0. The van der Waals surface area contributed by atoms with Crippen LogP contribution >= 0.6 is 15.9 Å². The van der Waals surface area contributed by atoms with Crippen LogP contribution in [0, 0.1) is 10.1 Å². The molecule has 8 heteroatoms. The summed E-state index contributed by atoms with van der Waals surface area (Å²) in [5, 5.41) is 23.3. The number of nitrogens with one attached hydrogen (secondary N) is 1. The number of aromatic nitrogens is 1. The maximum Gasteiger partial charge on any atom is 0.333 e. The van der Waals surface area contributed by atoms with Crippen LogP contribution < -0.4 is 10.7 Å². The van der Waals surface area contributed by atoms with Crippen molar-refractivity contribution < 1.29 is 10.0 Å². The van der Waals surface area contributed by atoms with E-state index in [0.717, 1.165) is 12.7 Å². The lowest BCUT2D eigenvalue weighted by Gasteiger charge is -2.13. The van der Waals surface area contributed by atoms with Gasteiger partial charge in [0.1, 0.15) is 0 Å². The smallest absolute Gasteiger partial charge is 0.333 e. The SMILES string of the molecule is CCNCC(O)Cn1cc(Br)c(=O)c([N+](=O)[O-])c1. The van der Waals surface area contributed by atoms with Gasteiger partial charge in [0.25, 0.3) is 5.43 Å². The van der Waals surface area contributed by atoms with E-state index in [1.54, 1.807) is 0 Å². The molecule has 0 aliphatic carbocycles. The lowest BCUT2D eigenvalue weighted by Crippen LogP contribution is -2.30. The molecule has 0 radical (unpaired) electrons. The number of halogens is 1. The van der Waals surface area contributed by atoms with Crippen molar-refractivity contribution in [2.24, 2.45) is 0 Å². The van der Waals surface area contributed by atoms with Gasteiger partial charge in [-0.15, -0.1) is 0 Å². The molecule has 0 fully saturated rings. The molecule has 0 bridgehead atoms. The third-order valence-corrected chi connectivity index (χ3v) is 2.83. The topological polar surface area (TPSA) is 97.4 Å². The molecule has 1 atom stereocenters. The average Bonchev–Trinajstić information content (AvgIpc) is 2.30. The maximum absolute atomic E-state index is 11.4. The molecule has 1 aromatic heterocycles. The molecule has 1 rings (SSSR count). The largest absolute Gasteiger partial charge is 0.390 e. The molecule has 2 N–H and O–H groups in total. The Bertz CT molecular complexity index is 489. The summed E-state index contributed by atoms with van der Waals surface area (Å²) < 4.78 is 1.53. The Kier molecular flexibility index (Phi) is 5.45. The summed E-state index contributed by atoms with van der Waals surface area (Å²) in [6.45, 7) is 3.19. The molecule has 0 aliphatic rings. The highest BCUT2D eigenvalue weighted by Gasteiger charge is 2.16. The third kappa shape index (κ3) is 3.90. The number of hydrogen-bond donors (Lipinski definition) is 2. The van der Waals surface area contributed by atoms with E-state index in [9.17, 15) is 20.0 Å². The molecule has 1 aromatic rings. The number of hydrogen-bond acceptors (Lipinski definition) is 5. The summed E-state index contributed by atoms with van der Waals surface area (Å²) in [4.78, 5) is 21.4. The Morgan fingerprint density at radius 3 is 2.83 bits per heavy atom. The molecule has 0 spiro atoms. The Morgan fingerprint density at radius 2 is 2.28 bits per heavy atom. The highest BCUT2D eigenvalue weighted by molar-refractivity contribution is 9.10. The fourth-order valence-electron chi connectivity index (χ4n) is 1.43. The molecule has 0 amide bonds. The van der Waals surface area contributed by atoms with Crippen LogP contribution in [0.25, 0.3) is 0 Å². The first-order chi connectivity index (χ1) is 8.45. The van der Waals surface area contributed by atoms with E-state index in [-0.39, 0.29) is 11.0 Å². The van der Waals surface area contributed by atoms with Gasteiger partial charge in [-0.3, -0.25) is 14.9 Å². The van der Waals surface area contributed by atoms with Gasteiger partial charge in [-0.1, -0.05) is 6.92 Å². The van der Waals surface area contributed by atoms with Crippen LogP contribution in [0.3, 0.4) is 0 Å². The molecule has 100 valence electrons. The van der Waals surface area contributed by atoms with Gasteiger partial charge in [-0.25, -0.2) is 0 Å². The van der Waals surface area contributed by atoms with Crippen LogP contribution in [0.2, 0.25) is 0 Å². The summed E-state index contributed by atoms with van der Waals surface area (Å²) >= 11 is 2.97. The standard InChI is InChI=1S/C10H14BrN3O4/c1-2-12-3-7(15)4-13-5-8(11)10(16)9(6-13)14(17)18/h5-7,12,15H,2-4H2,1H3. The summed E-state index contributed by atoms with van der Waals surface area (Å²) in [6, 6.07) is 0. The number of rotatable bonds is 6. The first kappa shape index (κ1) is 14.8. The van der Waals surface area contributed by atoms with E-state index >= 15 is 0 Å². The second-order valence-electron chi connectivity index (χ2n) is 3.74. The van der Waals surface area contributed by atoms with Crippen molar-refractivity contribution in [3.63, 3.8) is 0 Å². The molecule has 0 aliphatic heterocycles. The van der Waals surface area contributed by atoms with Crippen molar-refractivity contribution in [1.82, 2.24) is 9.88 Å². The molecule has 1 heterocycles. The Hall–Kier alpha value is -1.25. The molecule has 18 heavy (non-hydrogen) atoms. The molecular formula is C10H14BrN3O4. The van der Waals surface area contributed by atoms with Gasteiger partial charge in [-0.2, -0.15) is 0 Å². The Morgan fingerprint density at radius 1 is 1.61 bits per heavy atom. The van der Waals surface area contributed by atoms with Crippen LogP contribution in [0.1, 0.15) is 6.92 Å². The quantitative estimate of drug-likeness (QED) is 0.587. The van der Waals surface area contributed by atoms with Gasteiger partial charge in [0.2, 0.25) is 0 Å². The zero-order chi connectivity index (χ0) is 13.7. The first-order valence-corrected chi connectivity index (χ1v) is 6.17. The van der Waals surface area contributed by atoms with E-state index in [1.165, 1.54) is 10.8 Å². The van der Waals surface area contributed by atoms with E-state index in [1.807, 2.05) is 6.92 Å². The number of pyridine rings is 1. The second kappa shape index (κ2) is 6.62. The first-order valence-electron chi connectivity index (χ1n) is 5.38. The minimum absolute atomic E-state index is 0.104. The lowest BCUT2D eigenvalue weighted by atomic mass is 10.3. The van der Waals surface area contributed by atoms with Crippen LogP contribution in [0.5, 0.6) is 0 Å².